The quantitative estimate of drug-likeness (QED) is 0.645. The highest BCUT2D eigenvalue weighted by Gasteiger charge is 2.14. The van der Waals surface area contributed by atoms with Gasteiger partial charge in [0.1, 0.15) is 11.6 Å². The standard InChI is InChI=1S/C18H18Cl2N4O3/c1-11(25)8-13-9-21-24(18(26)17(13)20)10-16-22-15(23-27-16)7-4-12-2-5-14(19)6-3-12/h2-3,5-6,9,11,25H,4,7-8,10H2,1H3. The maximum atomic E-state index is 12.3. The van der Waals surface area contributed by atoms with Crippen LogP contribution in [-0.4, -0.2) is 31.1 Å². The predicted octanol–water partition coefficient (Wildman–Crippen LogP) is 2.69. The maximum Gasteiger partial charge on any atom is 0.286 e. The number of hydrogen-bond donors (Lipinski definition) is 1. The van der Waals surface area contributed by atoms with Gasteiger partial charge in [-0.05, 0) is 36.6 Å². The van der Waals surface area contributed by atoms with Crippen molar-refractivity contribution in [2.24, 2.45) is 0 Å². The molecule has 1 atom stereocenters. The SMILES string of the molecule is CC(O)Cc1cnn(Cc2nc(CCc3ccc(Cl)cc3)no2)c(=O)c1Cl. The lowest BCUT2D eigenvalue weighted by molar-refractivity contribution is 0.195. The van der Waals surface area contributed by atoms with Gasteiger partial charge < -0.3 is 9.63 Å². The predicted molar refractivity (Wildman–Crippen MR) is 101 cm³/mol. The molecule has 0 amide bonds. The van der Waals surface area contributed by atoms with Crippen LogP contribution in [0, 0.1) is 0 Å². The van der Waals surface area contributed by atoms with E-state index in [9.17, 15) is 9.90 Å². The van der Waals surface area contributed by atoms with Crippen LogP contribution < -0.4 is 5.56 Å². The Morgan fingerprint density at radius 3 is 2.67 bits per heavy atom. The molecule has 1 unspecified atom stereocenters. The molecule has 7 nitrogen and oxygen atoms in total. The van der Waals surface area contributed by atoms with Gasteiger partial charge in [-0.1, -0.05) is 40.5 Å². The lowest BCUT2D eigenvalue weighted by Gasteiger charge is -2.08. The molecule has 0 fully saturated rings. The van der Waals surface area contributed by atoms with Crippen LogP contribution >= 0.6 is 23.2 Å². The Hall–Kier alpha value is -2.22. The summed E-state index contributed by atoms with van der Waals surface area (Å²) in [6.07, 6.45) is 2.46. The molecular formula is C18H18Cl2N4O3. The number of nitrogens with zero attached hydrogens (tertiary/aromatic N) is 4. The Morgan fingerprint density at radius 1 is 1.22 bits per heavy atom. The second-order valence-corrected chi connectivity index (χ2v) is 7.04. The van der Waals surface area contributed by atoms with Crippen LogP contribution in [0.5, 0.6) is 0 Å². The topological polar surface area (TPSA) is 94.0 Å². The molecule has 1 aromatic carbocycles. The van der Waals surface area contributed by atoms with Crippen molar-refractivity contribution >= 4 is 23.2 Å². The van der Waals surface area contributed by atoms with E-state index in [0.717, 1.165) is 16.7 Å². The van der Waals surface area contributed by atoms with Crippen molar-refractivity contribution in [1.82, 2.24) is 19.9 Å². The summed E-state index contributed by atoms with van der Waals surface area (Å²) in [5.41, 5.74) is 1.15. The Morgan fingerprint density at radius 2 is 1.96 bits per heavy atom. The maximum absolute atomic E-state index is 12.3. The number of aliphatic hydroxyl groups is 1. The van der Waals surface area contributed by atoms with Crippen LogP contribution in [0.2, 0.25) is 10.0 Å². The smallest absolute Gasteiger partial charge is 0.286 e. The van der Waals surface area contributed by atoms with Crippen LogP contribution in [0.3, 0.4) is 0 Å². The molecular weight excluding hydrogens is 391 g/mol. The third-order valence-corrected chi connectivity index (χ3v) is 4.57. The zero-order valence-corrected chi connectivity index (χ0v) is 16.1. The minimum absolute atomic E-state index is 0.0292. The van der Waals surface area contributed by atoms with Gasteiger partial charge in [0, 0.05) is 17.9 Å². The van der Waals surface area contributed by atoms with E-state index in [1.54, 1.807) is 6.92 Å². The number of rotatable bonds is 7. The highest BCUT2D eigenvalue weighted by atomic mass is 35.5. The lowest BCUT2D eigenvalue weighted by atomic mass is 10.1. The number of hydrogen-bond acceptors (Lipinski definition) is 6. The van der Waals surface area contributed by atoms with Crippen molar-refractivity contribution in [3.8, 4) is 0 Å². The van der Waals surface area contributed by atoms with Crippen LogP contribution in [-0.2, 0) is 25.8 Å². The summed E-state index contributed by atoms with van der Waals surface area (Å²) in [6, 6.07) is 7.57. The lowest BCUT2D eigenvalue weighted by Crippen LogP contribution is -2.25. The van der Waals surface area contributed by atoms with E-state index in [1.165, 1.54) is 6.20 Å². The molecule has 0 saturated heterocycles. The fourth-order valence-electron chi connectivity index (χ4n) is 2.56. The van der Waals surface area contributed by atoms with Crippen molar-refractivity contribution in [1.29, 1.82) is 0 Å². The molecule has 0 aliphatic rings. The van der Waals surface area contributed by atoms with Gasteiger partial charge >= 0.3 is 0 Å². The van der Waals surface area contributed by atoms with Gasteiger partial charge in [-0.2, -0.15) is 10.1 Å². The number of aliphatic hydroxyl groups excluding tert-OH is 1. The van der Waals surface area contributed by atoms with Crippen molar-refractivity contribution < 1.29 is 9.63 Å². The summed E-state index contributed by atoms with van der Waals surface area (Å²) in [4.78, 5) is 16.6. The highest BCUT2D eigenvalue weighted by molar-refractivity contribution is 6.31. The first-order valence-corrected chi connectivity index (χ1v) is 9.16. The third kappa shape index (κ3) is 5.15. The van der Waals surface area contributed by atoms with Crippen LogP contribution in [0.15, 0.2) is 39.8 Å². The first-order chi connectivity index (χ1) is 12.9. The molecule has 3 rings (SSSR count). The normalized spacial score (nSPS) is 12.3. The van der Waals surface area contributed by atoms with E-state index in [0.29, 0.717) is 22.8 Å². The van der Waals surface area contributed by atoms with E-state index in [1.807, 2.05) is 24.3 Å². The van der Waals surface area contributed by atoms with Gasteiger partial charge in [-0.15, -0.1) is 0 Å². The van der Waals surface area contributed by atoms with E-state index >= 15 is 0 Å². The minimum atomic E-state index is -0.612. The van der Waals surface area contributed by atoms with Crippen LogP contribution in [0.1, 0.15) is 29.8 Å². The monoisotopic (exact) mass is 408 g/mol. The zero-order chi connectivity index (χ0) is 19.4. The van der Waals surface area contributed by atoms with Crippen molar-refractivity contribution in [3.63, 3.8) is 0 Å². The summed E-state index contributed by atoms with van der Waals surface area (Å²) < 4.78 is 6.36. The molecule has 0 aliphatic carbocycles. The molecule has 142 valence electrons. The van der Waals surface area contributed by atoms with Gasteiger partial charge in [-0.25, -0.2) is 4.68 Å². The summed E-state index contributed by atoms with van der Waals surface area (Å²) in [7, 11) is 0. The molecule has 3 aromatic rings. The first kappa shape index (κ1) is 19.5. The van der Waals surface area contributed by atoms with E-state index < -0.39 is 11.7 Å². The Bertz CT molecular complexity index is 967. The first-order valence-electron chi connectivity index (χ1n) is 8.41. The second kappa shape index (κ2) is 8.65. The molecule has 0 spiro atoms. The number of benzene rings is 1. The molecule has 0 saturated carbocycles. The molecule has 27 heavy (non-hydrogen) atoms. The third-order valence-electron chi connectivity index (χ3n) is 3.92. The fraction of sp³-hybridized carbons (Fsp3) is 0.333. The molecule has 2 heterocycles. The minimum Gasteiger partial charge on any atom is -0.393 e. The number of halogens is 2. The molecule has 2 aromatic heterocycles. The van der Waals surface area contributed by atoms with Gasteiger partial charge in [0.15, 0.2) is 5.82 Å². The van der Waals surface area contributed by atoms with Crippen molar-refractivity contribution in [2.75, 3.05) is 0 Å². The van der Waals surface area contributed by atoms with E-state index in [4.69, 9.17) is 27.7 Å². The number of aromatic nitrogens is 4. The van der Waals surface area contributed by atoms with Crippen molar-refractivity contribution in [3.05, 3.63) is 73.7 Å². The fourth-order valence-corrected chi connectivity index (χ4v) is 2.91. The largest absolute Gasteiger partial charge is 0.393 e. The summed E-state index contributed by atoms with van der Waals surface area (Å²) in [5.74, 6) is 0.819. The second-order valence-electron chi connectivity index (χ2n) is 6.23. The van der Waals surface area contributed by atoms with Crippen LogP contribution in [0.25, 0.3) is 0 Å². The molecule has 9 heteroatoms. The Labute approximate surface area is 165 Å². The zero-order valence-electron chi connectivity index (χ0n) is 14.6. The van der Waals surface area contributed by atoms with Gasteiger partial charge in [0.2, 0.25) is 5.89 Å². The summed E-state index contributed by atoms with van der Waals surface area (Å²) >= 11 is 12.0. The average Bonchev–Trinajstić information content (AvgIpc) is 3.08. The average molecular weight is 409 g/mol. The molecule has 0 aliphatic heterocycles. The van der Waals surface area contributed by atoms with Gasteiger partial charge in [0.25, 0.3) is 5.56 Å². The molecule has 0 radical (unpaired) electrons. The highest BCUT2D eigenvalue weighted by Crippen LogP contribution is 2.13. The summed E-state index contributed by atoms with van der Waals surface area (Å²) in [5, 5.41) is 18.2. The van der Waals surface area contributed by atoms with E-state index in [-0.39, 0.29) is 23.9 Å². The van der Waals surface area contributed by atoms with Crippen molar-refractivity contribution in [2.45, 2.75) is 38.8 Å². The van der Waals surface area contributed by atoms with E-state index in [2.05, 4.69) is 15.2 Å². The van der Waals surface area contributed by atoms with Gasteiger partial charge in [-0.3, -0.25) is 4.79 Å². The summed E-state index contributed by atoms with van der Waals surface area (Å²) in [6.45, 7) is 1.65. The Kier molecular flexibility index (Phi) is 6.26. The molecule has 0 bridgehead atoms. The van der Waals surface area contributed by atoms with Gasteiger partial charge in [0.05, 0.1) is 12.3 Å². The molecule has 1 N–H and O–H groups in total. The Balaban J connectivity index is 1.66. The number of aryl methyl sites for hydroxylation is 2. The van der Waals surface area contributed by atoms with Crippen LogP contribution in [0.4, 0.5) is 0 Å².